The number of hydrogen-bond acceptors (Lipinski definition) is 3. The molecule has 3 aromatic rings. The molecule has 4 nitrogen and oxygen atoms in total. The minimum Gasteiger partial charge on any atom is -0.343 e. The van der Waals surface area contributed by atoms with E-state index in [-0.39, 0.29) is 0 Å². The molecule has 1 aromatic carbocycles. The summed E-state index contributed by atoms with van der Waals surface area (Å²) in [5.41, 5.74) is 5.64. The lowest BCUT2D eigenvalue weighted by Gasteiger charge is -2.08. The lowest BCUT2D eigenvalue weighted by molar-refractivity contribution is 0.795. The van der Waals surface area contributed by atoms with Gasteiger partial charge in [-0.05, 0) is 49.9 Å². The molecule has 114 valence electrons. The lowest BCUT2D eigenvalue weighted by Crippen LogP contribution is -1.96. The SMILES string of the molecule is CCCCc1ccc(Nc2ncnc3[nH]c(C)c(C)c23)cc1. The van der Waals surface area contributed by atoms with E-state index in [1.807, 2.05) is 0 Å². The molecule has 0 saturated carbocycles. The number of nitrogens with one attached hydrogen (secondary N) is 2. The summed E-state index contributed by atoms with van der Waals surface area (Å²) in [7, 11) is 0. The van der Waals surface area contributed by atoms with E-state index < -0.39 is 0 Å². The molecule has 0 bridgehead atoms. The highest BCUT2D eigenvalue weighted by Crippen LogP contribution is 2.27. The topological polar surface area (TPSA) is 53.6 Å². The second kappa shape index (κ2) is 6.18. The Morgan fingerprint density at radius 3 is 2.59 bits per heavy atom. The molecule has 2 N–H and O–H groups in total. The second-order valence-electron chi connectivity index (χ2n) is 5.75. The molecular formula is C18H22N4. The zero-order valence-electron chi connectivity index (χ0n) is 13.4. The van der Waals surface area contributed by atoms with Crippen molar-refractivity contribution in [1.82, 2.24) is 15.0 Å². The summed E-state index contributed by atoms with van der Waals surface area (Å²) in [6.07, 6.45) is 5.20. The zero-order valence-corrected chi connectivity index (χ0v) is 13.4. The molecule has 3 rings (SSSR count). The van der Waals surface area contributed by atoms with Gasteiger partial charge in [0.05, 0.1) is 5.39 Å². The van der Waals surface area contributed by atoms with Crippen LogP contribution in [0.5, 0.6) is 0 Å². The molecule has 0 amide bonds. The van der Waals surface area contributed by atoms with Gasteiger partial charge in [-0.1, -0.05) is 25.5 Å². The summed E-state index contributed by atoms with van der Waals surface area (Å²) < 4.78 is 0. The fraction of sp³-hybridized carbons (Fsp3) is 0.333. The van der Waals surface area contributed by atoms with Crippen LogP contribution in [0.25, 0.3) is 11.0 Å². The first-order chi connectivity index (χ1) is 10.7. The van der Waals surface area contributed by atoms with Gasteiger partial charge in [-0.15, -0.1) is 0 Å². The van der Waals surface area contributed by atoms with Crippen molar-refractivity contribution in [3.05, 3.63) is 47.4 Å². The number of nitrogens with zero attached hydrogens (tertiary/aromatic N) is 2. The Balaban J connectivity index is 1.87. The smallest absolute Gasteiger partial charge is 0.143 e. The molecule has 0 spiro atoms. The van der Waals surface area contributed by atoms with Crippen molar-refractivity contribution >= 4 is 22.5 Å². The van der Waals surface area contributed by atoms with Crippen LogP contribution in [-0.2, 0) is 6.42 Å². The van der Waals surface area contributed by atoms with Crippen LogP contribution in [0.1, 0.15) is 36.6 Å². The Morgan fingerprint density at radius 1 is 1.09 bits per heavy atom. The van der Waals surface area contributed by atoms with Crippen LogP contribution < -0.4 is 5.32 Å². The summed E-state index contributed by atoms with van der Waals surface area (Å²) >= 11 is 0. The minimum absolute atomic E-state index is 0.855. The molecule has 0 saturated heterocycles. The van der Waals surface area contributed by atoms with Gasteiger partial charge in [0.15, 0.2) is 0 Å². The number of anilines is 2. The summed E-state index contributed by atoms with van der Waals surface area (Å²) in [4.78, 5) is 12.0. The van der Waals surface area contributed by atoms with E-state index in [0.717, 1.165) is 34.7 Å². The highest BCUT2D eigenvalue weighted by atomic mass is 15.0. The van der Waals surface area contributed by atoms with Gasteiger partial charge in [-0.3, -0.25) is 0 Å². The maximum absolute atomic E-state index is 4.41. The van der Waals surface area contributed by atoms with E-state index in [0.29, 0.717) is 0 Å². The van der Waals surface area contributed by atoms with Gasteiger partial charge in [-0.25, -0.2) is 9.97 Å². The number of H-pyrrole nitrogens is 1. The van der Waals surface area contributed by atoms with E-state index >= 15 is 0 Å². The number of fused-ring (bicyclic) bond motifs is 1. The molecular weight excluding hydrogens is 272 g/mol. The number of benzene rings is 1. The lowest BCUT2D eigenvalue weighted by atomic mass is 10.1. The van der Waals surface area contributed by atoms with Crippen molar-refractivity contribution in [3.8, 4) is 0 Å². The molecule has 0 radical (unpaired) electrons. The van der Waals surface area contributed by atoms with Crippen LogP contribution in [-0.4, -0.2) is 15.0 Å². The summed E-state index contributed by atoms with van der Waals surface area (Å²) in [6.45, 7) is 6.37. The van der Waals surface area contributed by atoms with Crippen molar-refractivity contribution < 1.29 is 0 Å². The molecule has 22 heavy (non-hydrogen) atoms. The molecule has 0 aliphatic carbocycles. The number of unbranched alkanes of at least 4 members (excludes halogenated alkanes) is 1. The first kappa shape index (κ1) is 14.6. The minimum atomic E-state index is 0.855. The third-order valence-electron chi connectivity index (χ3n) is 4.13. The van der Waals surface area contributed by atoms with Gasteiger partial charge in [0.1, 0.15) is 17.8 Å². The molecule has 2 aromatic heterocycles. The summed E-state index contributed by atoms with van der Waals surface area (Å²) in [6, 6.07) is 8.61. The maximum atomic E-state index is 4.41. The van der Waals surface area contributed by atoms with Crippen molar-refractivity contribution in [2.24, 2.45) is 0 Å². The molecule has 0 fully saturated rings. The number of rotatable bonds is 5. The Kier molecular flexibility index (Phi) is 4.09. The van der Waals surface area contributed by atoms with E-state index in [4.69, 9.17) is 0 Å². The molecule has 2 heterocycles. The van der Waals surface area contributed by atoms with Gasteiger partial charge < -0.3 is 10.3 Å². The summed E-state index contributed by atoms with van der Waals surface area (Å²) in [5.74, 6) is 0.855. The van der Waals surface area contributed by atoms with E-state index in [9.17, 15) is 0 Å². The molecule has 0 aliphatic rings. The normalized spacial score (nSPS) is 11.0. The van der Waals surface area contributed by atoms with Crippen molar-refractivity contribution in [3.63, 3.8) is 0 Å². The van der Waals surface area contributed by atoms with E-state index in [2.05, 4.69) is 65.3 Å². The molecule has 0 aliphatic heterocycles. The van der Waals surface area contributed by atoms with Crippen LogP contribution in [0.2, 0.25) is 0 Å². The number of hydrogen-bond donors (Lipinski definition) is 2. The predicted octanol–water partition coefficient (Wildman–Crippen LogP) is 4.66. The van der Waals surface area contributed by atoms with Crippen LogP contribution in [0, 0.1) is 13.8 Å². The molecule has 0 atom stereocenters. The molecule has 0 unspecified atom stereocenters. The third-order valence-corrected chi connectivity index (χ3v) is 4.13. The van der Waals surface area contributed by atoms with Crippen LogP contribution >= 0.6 is 0 Å². The highest BCUT2D eigenvalue weighted by molar-refractivity contribution is 5.92. The third kappa shape index (κ3) is 2.82. The van der Waals surface area contributed by atoms with Gasteiger partial charge in [0.25, 0.3) is 0 Å². The van der Waals surface area contributed by atoms with E-state index in [1.165, 1.54) is 24.0 Å². The van der Waals surface area contributed by atoms with Crippen molar-refractivity contribution in [2.45, 2.75) is 40.0 Å². The quantitative estimate of drug-likeness (QED) is 0.719. The fourth-order valence-electron chi connectivity index (χ4n) is 2.66. The Bertz CT molecular complexity index is 772. The first-order valence-corrected chi connectivity index (χ1v) is 7.85. The van der Waals surface area contributed by atoms with Crippen molar-refractivity contribution in [1.29, 1.82) is 0 Å². The fourth-order valence-corrected chi connectivity index (χ4v) is 2.66. The predicted molar refractivity (Wildman–Crippen MR) is 91.7 cm³/mol. The highest BCUT2D eigenvalue weighted by Gasteiger charge is 2.11. The van der Waals surface area contributed by atoms with Gasteiger partial charge in [-0.2, -0.15) is 0 Å². The average molecular weight is 294 g/mol. The van der Waals surface area contributed by atoms with Gasteiger partial charge in [0, 0.05) is 11.4 Å². The van der Waals surface area contributed by atoms with Crippen LogP contribution in [0.15, 0.2) is 30.6 Å². The Hall–Kier alpha value is -2.36. The maximum Gasteiger partial charge on any atom is 0.143 e. The molecule has 4 heteroatoms. The zero-order chi connectivity index (χ0) is 15.5. The van der Waals surface area contributed by atoms with Crippen molar-refractivity contribution in [2.75, 3.05) is 5.32 Å². The Labute approximate surface area is 131 Å². The van der Waals surface area contributed by atoms with Crippen LogP contribution in [0.3, 0.4) is 0 Å². The number of aryl methyl sites for hydroxylation is 3. The number of aromatic nitrogens is 3. The number of aromatic amines is 1. The monoisotopic (exact) mass is 294 g/mol. The summed E-state index contributed by atoms with van der Waals surface area (Å²) in [5, 5.41) is 4.48. The second-order valence-corrected chi connectivity index (χ2v) is 5.75. The largest absolute Gasteiger partial charge is 0.343 e. The first-order valence-electron chi connectivity index (χ1n) is 7.85. The van der Waals surface area contributed by atoms with Gasteiger partial charge >= 0.3 is 0 Å². The average Bonchev–Trinajstić information content (AvgIpc) is 2.82. The Morgan fingerprint density at radius 2 is 1.86 bits per heavy atom. The standard InChI is InChI=1S/C18H22N4/c1-4-5-6-14-7-9-15(10-8-14)22-18-16-12(2)13(3)21-17(16)19-11-20-18/h7-11H,4-6H2,1-3H3,(H2,19,20,21,22). The van der Waals surface area contributed by atoms with Gasteiger partial charge in [0.2, 0.25) is 0 Å². The van der Waals surface area contributed by atoms with E-state index in [1.54, 1.807) is 6.33 Å². The van der Waals surface area contributed by atoms with Crippen LogP contribution in [0.4, 0.5) is 11.5 Å².